The Bertz CT molecular complexity index is 893. The minimum atomic E-state index is -3.60. The molecule has 0 bridgehead atoms. The van der Waals surface area contributed by atoms with Gasteiger partial charge in [-0.2, -0.15) is 13.1 Å². The van der Waals surface area contributed by atoms with Crippen LogP contribution in [0.15, 0.2) is 27.5 Å². The van der Waals surface area contributed by atoms with Gasteiger partial charge in [-0.15, -0.1) is 10.2 Å². The van der Waals surface area contributed by atoms with Crippen LogP contribution in [0.3, 0.4) is 0 Å². The Morgan fingerprint density at radius 3 is 2.67 bits per heavy atom. The second-order valence-electron chi connectivity index (χ2n) is 6.20. The van der Waals surface area contributed by atoms with Crippen molar-refractivity contribution in [1.29, 1.82) is 0 Å². The maximum atomic E-state index is 12.8. The lowest BCUT2D eigenvalue weighted by Crippen LogP contribution is -2.34. The van der Waals surface area contributed by atoms with E-state index in [9.17, 15) is 17.2 Å². The zero-order valence-electron chi connectivity index (χ0n) is 12.8. The van der Waals surface area contributed by atoms with Crippen LogP contribution in [0, 0.1) is 5.92 Å². The molecule has 1 fully saturated rings. The zero-order valence-corrected chi connectivity index (χ0v) is 13.6. The molecule has 1 atom stereocenters. The average Bonchev–Trinajstić information content (AvgIpc) is 3.21. The summed E-state index contributed by atoms with van der Waals surface area (Å²) in [5, 5.41) is 6.84. The molecule has 0 saturated heterocycles. The number of sulfonamides is 1. The second kappa shape index (κ2) is 5.32. The van der Waals surface area contributed by atoms with E-state index in [2.05, 4.69) is 10.2 Å². The molecule has 2 aromatic rings. The number of aromatic nitrogens is 2. The second-order valence-corrected chi connectivity index (χ2v) is 8.06. The molecule has 1 aromatic heterocycles. The van der Waals surface area contributed by atoms with Gasteiger partial charge in [0.2, 0.25) is 15.9 Å². The lowest BCUT2D eigenvalue weighted by molar-refractivity contribution is 0.116. The third-order valence-electron chi connectivity index (χ3n) is 4.61. The summed E-state index contributed by atoms with van der Waals surface area (Å²) in [7, 11) is -3.60. The minimum Gasteiger partial charge on any atom is -0.415 e. The molecule has 0 N–H and O–H groups in total. The fourth-order valence-electron chi connectivity index (χ4n) is 3.05. The molecule has 1 unspecified atom stereocenters. The van der Waals surface area contributed by atoms with Crippen molar-refractivity contribution in [3.63, 3.8) is 0 Å². The number of hydrogen-bond acceptors (Lipinski definition) is 5. The molecular formula is C15H15F2N3O3S. The van der Waals surface area contributed by atoms with Crippen molar-refractivity contribution >= 4 is 10.0 Å². The Balaban J connectivity index is 1.70. The van der Waals surface area contributed by atoms with Crippen molar-refractivity contribution in [2.45, 2.75) is 43.7 Å². The summed E-state index contributed by atoms with van der Waals surface area (Å²) in [4.78, 5) is 0.185. The fraction of sp³-hybridized carbons (Fsp3) is 0.467. The highest BCUT2D eigenvalue weighted by molar-refractivity contribution is 7.89. The van der Waals surface area contributed by atoms with Crippen molar-refractivity contribution in [3.05, 3.63) is 29.7 Å². The first-order valence-corrected chi connectivity index (χ1v) is 9.08. The molecule has 0 amide bonds. The predicted molar refractivity (Wildman–Crippen MR) is 79.6 cm³/mol. The fourth-order valence-corrected chi connectivity index (χ4v) is 4.97. The number of nitrogens with zero attached hydrogens (tertiary/aromatic N) is 3. The van der Waals surface area contributed by atoms with E-state index in [0.29, 0.717) is 23.6 Å². The Hall–Kier alpha value is -1.87. The van der Waals surface area contributed by atoms with Crippen LogP contribution in [-0.4, -0.2) is 29.0 Å². The molecule has 0 radical (unpaired) electrons. The number of fused-ring (bicyclic) bond motifs is 1. The first-order chi connectivity index (χ1) is 11.4. The van der Waals surface area contributed by atoms with Crippen LogP contribution in [0.25, 0.3) is 11.5 Å². The molecule has 24 heavy (non-hydrogen) atoms. The molecule has 6 nitrogen and oxygen atoms in total. The van der Waals surface area contributed by atoms with Gasteiger partial charge in [-0.3, -0.25) is 0 Å². The lowest BCUT2D eigenvalue weighted by atomic mass is 10.1. The third kappa shape index (κ3) is 2.42. The van der Waals surface area contributed by atoms with Crippen molar-refractivity contribution in [3.8, 4) is 11.5 Å². The van der Waals surface area contributed by atoms with E-state index in [1.54, 1.807) is 12.1 Å². The third-order valence-corrected chi connectivity index (χ3v) is 6.63. The van der Waals surface area contributed by atoms with Crippen LogP contribution in [0.1, 0.15) is 37.6 Å². The molecule has 1 aromatic carbocycles. The lowest BCUT2D eigenvalue weighted by Gasteiger charge is -2.22. The van der Waals surface area contributed by atoms with E-state index in [4.69, 9.17) is 4.42 Å². The summed E-state index contributed by atoms with van der Waals surface area (Å²) in [5.41, 5.74) is 1.01. The normalized spacial score (nSPS) is 21.2. The van der Waals surface area contributed by atoms with Gasteiger partial charge in [-0.05, 0) is 43.4 Å². The number of rotatable bonds is 4. The van der Waals surface area contributed by atoms with E-state index in [0.717, 1.165) is 12.8 Å². The van der Waals surface area contributed by atoms with E-state index < -0.39 is 22.3 Å². The average molecular weight is 355 g/mol. The van der Waals surface area contributed by atoms with E-state index in [1.165, 1.54) is 10.4 Å². The summed E-state index contributed by atoms with van der Waals surface area (Å²) < 4.78 is 57.1. The summed E-state index contributed by atoms with van der Waals surface area (Å²) in [6, 6.07) is 4.67. The van der Waals surface area contributed by atoms with Crippen LogP contribution in [0.5, 0.6) is 0 Å². The monoisotopic (exact) mass is 355 g/mol. The van der Waals surface area contributed by atoms with Gasteiger partial charge in [0, 0.05) is 18.2 Å². The molecule has 2 heterocycles. The Kier molecular flexibility index (Phi) is 3.47. The maximum absolute atomic E-state index is 12.8. The Labute approximate surface area is 137 Å². The van der Waals surface area contributed by atoms with Crippen LogP contribution < -0.4 is 0 Å². The van der Waals surface area contributed by atoms with Crippen molar-refractivity contribution in [2.24, 2.45) is 5.92 Å². The number of alkyl halides is 2. The maximum Gasteiger partial charge on any atom is 0.314 e. The zero-order chi connectivity index (χ0) is 17.1. The number of halogens is 2. The number of hydrogen-bond donors (Lipinski definition) is 0. The summed E-state index contributed by atoms with van der Waals surface area (Å²) in [6.45, 7) is 2.26. The quantitative estimate of drug-likeness (QED) is 0.843. The summed E-state index contributed by atoms with van der Waals surface area (Å²) >= 11 is 0. The molecule has 0 spiro atoms. The molecule has 2 aliphatic rings. The SMILES string of the molecule is CC(C1CC1)N1Cc2ccc(-c3nnc(C(F)F)o3)cc2S1(=O)=O. The van der Waals surface area contributed by atoms with Crippen LogP contribution >= 0.6 is 0 Å². The Morgan fingerprint density at radius 2 is 2.04 bits per heavy atom. The van der Waals surface area contributed by atoms with Gasteiger partial charge in [-0.25, -0.2) is 8.42 Å². The molecule has 1 saturated carbocycles. The van der Waals surface area contributed by atoms with E-state index in [-0.39, 0.29) is 16.8 Å². The first-order valence-electron chi connectivity index (χ1n) is 7.64. The van der Waals surface area contributed by atoms with Gasteiger partial charge in [0.1, 0.15) is 0 Å². The highest BCUT2D eigenvalue weighted by atomic mass is 32.2. The van der Waals surface area contributed by atoms with E-state index in [1.807, 2.05) is 6.92 Å². The Morgan fingerprint density at radius 1 is 1.29 bits per heavy atom. The predicted octanol–water partition coefficient (Wildman–Crippen LogP) is 2.98. The van der Waals surface area contributed by atoms with Gasteiger partial charge >= 0.3 is 6.43 Å². The molecular weight excluding hydrogens is 340 g/mol. The van der Waals surface area contributed by atoms with Gasteiger partial charge in [-0.1, -0.05) is 6.07 Å². The molecule has 1 aliphatic carbocycles. The molecule has 4 rings (SSSR count). The van der Waals surface area contributed by atoms with Crippen LogP contribution in [0.4, 0.5) is 8.78 Å². The number of benzene rings is 1. The van der Waals surface area contributed by atoms with E-state index >= 15 is 0 Å². The topological polar surface area (TPSA) is 76.3 Å². The van der Waals surface area contributed by atoms with Crippen LogP contribution in [0.2, 0.25) is 0 Å². The van der Waals surface area contributed by atoms with Gasteiger partial charge in [0.15, 0.2) is 0 Å². The summed E-state index contributed by atoms with van der Waals surface area (Å²) in [6.07, 6.45) is -0.764. The molecule has 1 aliphatic heterocycles. The minimum absolute atomic E-state index is 0.0420. The summed E-state index contributed by atoms with van der Waals surface area (Å²) in [5.74, 6) is -0.479. The largest absolute Gasteiger partial charge is 0.415 e. The van der Waals surface area contributed by atoms with Crippen molar-refractivity contribution in [1.82, 2.24) is 14.5 Å². The molecule has 9 heteroatoms. The van der Waals surface area contributed by atoms with Gasteiger partial charge < -0.3 is 4.42 Å². The first kappa shape index (κ1) is 15.6. The van der Waals surface area contributed by atoms with Gasteiger partial charge in [0.25, 0.3) is 5.89 Å². The highest BCUT2D eigenvalue weighted by Gasteiger charge is 2.43. The van der Waals surface area contributed by atoms with Gasteiger partial charge in [0.05, 0.1) is 4.90 Å². The smallest absolute Gasteiger partial charge is 0.314 e. The van der Waals surface area contributed by atoms with Crippen molar-refractivity contribution < 1.29 is 21.6 Å². The van der Waals surface area contributed by atoms with Crippen LogP contribution in [-0.2, 0) is 16.6 Å². The molecule has 128 valence electrons. The standard InChI is InChI=1S/C15H15F2N3O3S/c1-8(9-2-3-9)20-7-11-5-4-10(6-12(11)24(20,21)22)14-18-19-15(23-14)13(16)17/h4-6,8-9,13H,2-3,7H2,1H3. The highest BCUT2D eigenvalue weighted by Crippen LogP contribution is 2.42. The van der Waals surface area contributed by atoms with Crippen molar-refractivity contribution in [2.75, 3.05) is 0 Å².